The Morgan fingerprint density at radius 3 is 2.95 bits per heavy atom. The van der Waals surface area contributed by atoms with Gasteiger partial charge in [0.25, 0.3) is 0 Å². The summed E-state index contributed by atoms with van der Waals surface area (Å²) in [5.41, 5.74) is 1.15. The average molecular weight is 260 g/mol. The van der Waals surface area contributed by atoms with Crippen LogP contribution in [-0.2, 0) is 13.2 Å². The van der Waals surface area contributed by atoms with E-state index in [-0.39, 0.29) is 0 Å². The second kappa shape index (κ2) is 6.38. The van der Waals surface area contributed by atoms with Crippen LogP contribution >= 0.6 is 0 Å². The quantitative estimate of drug-likeness (QED) is 0.867. The Hall–Kier alpha value is -1.81. The molecule has 0 spiro atoms. The highest BCUT2D eigenvalue weighted by Crippen LogP contribution is 2.17. The molecule has 4 nitrogen and oxygen atoms in total. The summed E-state index contributed by atoms with van der Waals surface area (Å²) in [6.07, 6.45) is 3.41. The van der Waals surface area contributed by atoms with E-state index in [0.717, 1.165) is 29.4 Å². The van der Waals surface area contributed by atoms with Crippen molar-refractivity contribution in [2.24, 2.45) is 0 Å². The highest BCUT2D eigenvalue weighted by molar-refractivity contribution is 5.21. The summed E-state index contributed by atoms with van der Waals surface area (Å²) >= 11 is 0. The van der Waals surface area contributed by atoms with Gasteiger partial charge in [-0.25, -0.2) is 0 Å². The predicted octanol–water partition coefficient (Wildman–Crippen LogP) is 3.06. The molecule has 0 atom stereocenters. The van der Waals surface area contributed by atoms with Crippen LogP contribution in [0.1, 0.15) is 30.9 Å². The number of hydrogen-bond acceptors (Lipinski definition) is 4. The molecule has 19 heavy (non-hydrogen) atoms. The van der Waals surface area contributed by atoms with Gasteiger partial charge in [-0.2, -0.15) is 0 Å². The molecule has 0 aliphatic rings. The Bertz CT molecular complexity index is 506. The molecule has 0 aliphatic heterocycles. The average Bonchev–Trinajstić information content (AvgIpc) is 2.76. The van der Waals surface area contributed by atoms with E-state index in [2.05, 4.69) is 31.1 Å². The number of nitrogens with zero attached hydrogens (tertiary/aromatic N) is 1. The van der Waals surface area contributed by atoms with Gasteiger partial charge in [-0.05, 0) is 30.7 Å². The van der Waals surface area contributed by atoms with Crippen LogP contribution in [0.3, 0.4) is 0 Å². The van der Waals surface area contributed by atoms with E-state index >= 15 is 0 Å². The number of aryl methyl sites for hydroxylation is 1. The first kappa shape index (κ1) is 13.6. The molecule has 0 radical (unpaired) electrons. The lowest BCUT2D eigenvalue weighted by atomic mass is 10.2. The lowest BCUT2D eigenvalue weighted by molar-refractivity contribution is 0.263. The summed E-state index contributed by atoms with van der Waals surface area (Å²) in [7, 11) is 0. The minimum Gasteiger partial charge on any atom is -0.484 e. The molecule has 102 valence electrons. The molecular formula is C15H20N2O2. The summed E-state index contributed by atoms with van der Waals surface area (Å²) < 4.78 is 11.4. The minimum atomic E-state index is 0.425. The van der Waals surface area contributed by atoms with Crippen molar-refractivity contribution in [3.05, 3.63) is 47.7 Å². The van der Waals surface area contributed by atoms with Crippen molar-refractivity contribution in [2.75, 3.05) is 0 Å². The van der Waals surface area contributed by atoms with Crippen molar-refractivity contribution in [3.63, 3.8) is 0 Å². The lowest BCUT2D eigenvalue weighted by Crippen LogP contribution is -2.21. The predicted molar refractivity (Wildman–Crippen MR) is 74.0 cm³/mol. The third kappa shape index (κ3) is 4.10. The van der Waals surface area contributed by atoms with Crippen LogP contribution < -0.4 is 10.1 Å². The van der Waals surface area contributed by atoms with Crippen LogP contribution in [0.4, 0.5) is 0 Å². The number of nitrogens with one attached hydrogen (secondary N) is 1. The van der Waals surface area contributed by atoms with E-state index in [1.165, 1.54) is 0 Å². The molecule has 4 heteroatoms. The zero-order valence-corrected chi connectivity index (χ0v) is 11.6. The van der Waals surface area contributed by atoms with E-state index in [1.807, 2.05) is 18.2 Å². The van der Waals surface area contributed by atoms with Crippen LogP contribution in [0.5, 0.6) is 5.75 Å². The number of hydrogen-bond donors (Lipinski definition) is 1. The minimum absolute atomic E-state index is 0.425. The highest BCUT2D eigenvalue weighted by atomic mass is 16.5. The Labute approximate surface area is 113 Å². The standard InChI is InChI=1S/C15H20N2O2/c1-11(2)17-9-15-12(3)7-14(19-15)10-18-13-5-4-6-16-8-13/h4-8,11,17H,9-10H2,1-3H3. The lowest BCUT2D eigenvalue weighted by Gasteiger charge is -2.06. The van der Waals surface area contributed by atoms with E-state index in [0.29, 0.717) is 12.6 Å². The third-order valence-electron chi connectivity index (χ3n) is 2.76. The van der Waals surface area contributed by atoms with Crippen LogP contribution in [0.15, 0.2) is 35.0 Å². The van der Waals surface area contributed by atoms with Crippen LogP contribution in [0, 0.1) is 6.92 Å². The molecule has 0 saturated heterocycles. The van der Waals surface area contributed by atoms with Crippen LogP contribution in [0.25, 0.3) is 0 Å². The summed E-state index contributed by atoms with van der Waals surface area (Å²) in [5, 5.41) is 3.35. The topological polar surface area (TPSA) is 47.3 Å². The maximum atomic E-state index is 5.78. The molecular weight excluding hydrogens is 240 g/mol. The first-order chi connectivity index (χ1) is 9.15. The molecule has 0 aromatic carbocycles. The summed E-state index contributed by atoms with van der Waals surface area (Å²) in [4.78, 5) is 4.00. The molecule has 0 unspecified atom stereocenters. The molecule has 0 fully saturated rings. The zero-order chi connectivity index (χ0) is 13.7. The number of pyridine rings is 1. The van der Waals surface area contributed by atoms with Crippen molar-refractivity contribution < 1.29 is 9.15 Å². The molecule has 0 aliphatic carbocycles. The van der Waals surface area contributed by atoms with Gasteiger partial charge in [-0.1, -0.05) is 13.8 Å². The van der Waals surface area contributed by atoms with Gasteiger partial charge in [0.15, 0.2) is 0 Å². The zero-order valence-electron chi connectivity index (χ0n) is 11.6. The number of rotatable bonds is 6. The molecule has 0 bridgehead atoms. The molecule has 0 amide bonds. The Morgan fingerprint density at radius 1 is 1.42 bits per heavy atom. The van der Waals surface area contributed by atoms with Crippen molar-refractivity contribution in [1.29, 1.82) is 0 Å². The molecule has 2 heterocycles. The van der Waals surface area contributed by atoms with Gasteiger partial charge < -0.3 is 14.5 Å². The fourth-order valence-corrected chi connectivity index (χ4v) is 1.72. The molecule has 2 rings (SSSR count). The summed E-state index contributed by atoms with van der Waals surface area (Å²) in [6.45, 7) is 7.45. The smallest absolute Gasteiger partial charge is 0.146 e. The van der Waals surface area contributed by atoms with Crippen molar-refractivity contribution in [1.82, 2.24) is 10.3 Å². The fourth-order valence-electron chi connectivity index (χ4n) is 1.72. The van der Waals surface area contributed by atoms with E-state index in [9.17, 15) is 0 Å². The van der Waals surface area contributed by atoms with Gasteiger partial charge in [0.05, 0.1) is 12.7 Å². The maximum Gasteiger partial charge on any atom is 0.146 e. The number of aromatic nitrogens is 1. The Balaban J connectivity index is 1.92. The second-order valence-corrected chi connectivity index (χ2v) is 4.83. The maximum absolute atomic E-state index is 5.78. The van der Waals surface area contributed by atoms with Gasteiger partial charge in [-0.15, -0.1) is 0 Å². The molecule has 0 saturated carbocycles. The monoisotopic (exact) mass is 260 g/mol. The SMILES string of the molecule is Cc1cc(COc2cccnc2)oc1CNC(C)C. The number of furan rings is 1. The van der Waals surface area contributed by atoms with Gasteiger partial charge in [0.2, 0.25) is 0 Å². The molecule has 1 N–H and O–H groups in total. The summed E-state index contributed by atoms with van der Waals surface area (Å²) in [5.74, 6) is 2.55. The van der Waals surface area contributed by atoms with E-state index in [4.69, 9.17) is 9.15 Å². The van der Waals surface area contributed by atoms with Gasteiger partial charge in [-0.3, -0.25) is 4.98 Å². The first-order valence-electron chi connectivity index (χ1n) is 6.49. The van der Waals surface area contributed by atoms with Gasteiger partial charge in [0.1, 0.15) is 23.9 Å². The van der Waals surface area contributed by atoms with Gasteiger partial charge in [0, 0.05) is 12.2 Å². The largest absolute Gasteiger partial charge is 0.484 e. The molecule has 2 aromatic heterocycles. The normalized spacial score (nSPS) is 10.9. The second-order valence-electron chi connectivity index (χ2n) is 4.83. The van der Waals surface area contributed by atoms with Crippen LogP contribution in [0.2, 0.25) is 0 Å². The van der Waals surface area contributed by atoms with Crippen LogP contribution in [-0.4, -0.2) is 11.0 Å². The Kier molecular flexibility index (Phi) is 4.58. The molecule has 2 aromatic rings. The number of ether oxygens (including phenoxy) is 1. The van der Waals surface area contributed by atoms with Gasteiger partial charge >= 0.3 is 0 Å². The Morgan fingerprint density at radius 2 is 2.26 bits per heavy atom. The van der Waals surface area contributed by atoms with Crippen molar-refractivity contribution in [2.45, 2.75) is 40.0 Å². The fraction of sp³-hybridized carbons (Fsp3) is 0.400. The third-order valence-corrected chi connectivity index (χ3v) is 2.76. The van der Waals surface area contributed by atoms with E-state index in [1.54, 1.807) is 12.4 Å². The van der Waals surface area contributed by atoms with Crippen molar-refractivity contribution >= 4 is 0 Å². The van der Waals surface area contributed by atoms with E-state index < -0.39 is 0 Å². The first-order valence-corrected chi connectivity index (χ1v) is 6.49. The highest BCUT2D eigenvalue weighted by Gasteiger charge is 2.08. The summed E-state index contributed by atoms with van der Waals surface area (Å²) in [6, 6.07) is 6.19. The van der Waals surface area contributed by atoms with Crippen molar-refractivity contribution in [3.8, 4) is 5.75 Å².